The first kappa shape index (κ1) is 10.1. The molecule has 0 aromatic carbocycles. The lowest BCUT2D eigenvalue weighted by molar-refractivity contribution is -0.150. The van der Waals surface area contributed by atoms with Gasteiger partial charge in [0.2, 0.25) is 0 Å². The zero-order valence-electron chi connectivity index (χ0n) is 6.70. The van der Waals surface area contributed by atoms with Gasteiger partial charge in [0.1, 0.15) is 0 Å². The van der Waals surface area contributed by atoms with Gasteiger partial charge in [-0.3, -0.25) is 4.79 Å². The van der Waals surface area contributed by atoms with Gasteiger partial charge >= 0.3 is 5.97 Å². The first-order valence-corrected chi connectivity index (χ1v) is 3.53. The molecule has 64 valence electrons. The summed E-state index contributed by atoms with van der Waals surface area (Å²) in [6, 6.07) is -0.863. The van der Waals surface area contributed by atoms with Crippen LogP contribution in [0.2, 0.25) is 0 Å². The van der Waals surface area contributed by atoms with Crippen molar-refractivity contribution in [1.82, 2.24) is 0 Å². The number of carboxylic acids is 1. The summed E-state index contributed by atoms with van der Waals surface area (Å²) >= 11 is 0. The fourth-order valence-corrected chi connectivity index (χ4v) is 0.655. The number of rotatable bonds is 4. The van der Waals surface area contributed by atoms with E-state index < -0.39 is 17.8 Å². The number of aliphatic carboxylic acids is 1. The summed E-state index contributed by atoms with van der Waals surface area (Å²) in [6.07, 6.45) is 0.709. The zero-order chi connectivity index (χ0) is 9.02. The van der Waals surface area contributed by atoms with Crippen molar-refractivity contribution in [2.45, 2.75) is 26.3 Å². The van der Waals surface area contributed by atoms with Crippen LogP contribution in [0.15, 0.2) is 0 Å². The van der Waals surface area contributed by atoms with Crippen LogP contribution in [0.1, 0.15) is 20.3 Å². The van der Waals surface area contributed by atoms with Crippen molar-refractivity contribution in [3.05, 3.63) is 0 Å². The Morgan fingerprint density at radius 3 is 2.27 bits per heavy atom. The van der Waals surface area contributed by atoms with Crippen LogP contribution < -0.4 is 5.73 Å². The molecule has 0 bridgehead atoms. The monoisotopic (exact) mass is 159 g/mol. The van der Waals surface area contributed by atoms with Gasteiger partial charge in [-0.25, -0.2) is 4.79 Å². The molecular weight excluding hydrogens is 146 g/mol. The second kappa shape index (κ2) is 4.08. The van der Waals surface area contributed by atoms with Crippen LogP contribution >= 0.6 is 0 Å². The number of carbonyl (C=O) groups excluding carboxylic acids is 1. The van der Waals surface area contributed by atoms with Gasteiger partial charge in [-0.05, 0) is 5.92 Å². The van der Waals surface area contributed by atoms with Gasteiger partial charge < -0.3 is 10.8 Å². The molecule has 0 aromatic rings. The molecule has 0 aliphatic heterocycles. The van der Waals surface area contributed by atoms with Crippen molar-refractivity contribution in [3.63, 3.8) is 0 Å². The summed E-state index contributed by atoms with van der Waals surface area (Å²) < 4.78 is 0. The summed E-state index contributed by atoms with van der Waals surface area (Å²) in [6.45, 7) is 3.62. The average Bonchev–Trinajstić information content (AvgIpc) is 2.00. The summed E-state index contributed by atoms with van der Waals surface area (Å²) in [5.41, 5.74) is 5.34. The predicted molar refractivity (Wildman–Crippen MR) is 40.1 cm³/mol. The number of hydrogen-bond donors (Lipinski definition) is 2. The van der Waals surface area contributed by atoms with Gasteiger partial charge in [0.25, 0.3) is 5.78 Å². The van der Waals surface area contributed by atoms with Gasteiger partial charge in [0, 0.05) is 0 Å². The smallest absolute Gasteiger partial charge is 0.373 e. The highest BCUT2D eigenvalue weighted by Gasteiger charge is 2.24. The minimum absolute atomic E-state index is 0.0707. The summed E-state index contributed by atoms with van der Waals surface area (Å²) in [7, 11) is 0. The van der Waals surface area contributed by atoms with Crippen molar-refractivity contribution in [3.8, 4) is 0 Å². The van der Waals surface area contributed by atoms with E-state index in [1.807, 2.05) is 6.92 Å². The van der Waals surface area contributed by atoms with E-state index >= 15 is 0 Å². The predicted octanol–water partition coefficient (Wildman–Crippen LogP) is 0.0135. The molecule has 2 atom stereocenters. The van der Waals surface area contributed by atoms with E-state index in [0.717, 1.165) is 0 Å². The average molecular weight is 159 g/mol. The minimum atomic E-state index is -1.45. The van der Waals surface area contributed by atoms with Gasteiger partial charge in [-0.1, -0.05) is 20.3 Å². The number of carbonyl (C=O) groups is 2. The Hall–Kier alpha value is -0.900. The fraction of sp³-hybridized carbons (Fsp3) is 0.714. The van der Waals surface area contributed by atoms with Crippen molar-refractivity contribution >= 4 is 11.8 Å². The van der Waals surface area contributed by atoms with Crippen LogP contribution in [0.4, 0.5) is 0 Å². The third-order valence-corrected chi connectivity index (χ3v) is 1.77. The molecule has 0 spiro atoms. The van der Waals surface area contributed by atoms with Crippen molar-refractivity contribution in [2.24, 2.45) is 11.7 Å². The summed E-state index contributed by atoms with van der Waals surface area (Å²) in [5.74, 6) is -2.42. The maximum atomic E-state index is 10.7. The van der Waals surface area contributed by atoms with E-state index in [1.54, 1.807) is 6.92 Å². The van der Waals surface area contributed by atoms with Crippen molar-refractivity contribution in [1.29, 1.82) is 0 Å². The number of carboxylic acid groups (broad SMARTS) is 1. The highest BCUT2D eigenvalue weighted by Crippen LogP contribution is 2.05. The van der Waals surface area contributed by atoms with Crippen molar-refractivity contribution in [2.75, 3.05) is 0 Å². The zero-order valence-corrected chi connectivity index (χ0v) is 6.70. The maximum Gasteiger partial charge on any atom is 0.373 e. The first-order chi connectivity index (χ1) is 5.00. The molecule has 0 fully saturated rings. The largest absolute Gasteiger partial charge is 0.475 e. The number of nitrogens with two attached hydrogens (primary N) is 1. The molecule has 0 aliphatic rings. The van der Waals surface area contributed by atoms with E-state index in [0.29, 0.717) is 6.42 Å². The molecule has 0 saturated carbocycles. The Balaban J connectivity index is 4.13. The van der Waals surface area contributed by atoms with E-state index in [-0.39, 0.29) is 5.92 Å². The highest BCUT2D eigenvalue weighted by molar-refractivity contribution is 6.34. The van der Waals surface area contributed by atoms with Crippen LogP contribution in [0, 0.1) is 5.92 Å². The molecule has 0 radical (unpaired) electrons. The quantitative estimate of drug-likeness (QED) is 0.566. The number of Topliss-reactive ketones (excluding diaryl/α,β-unsaturated/α-hetero) is 1. The Morgan fingerprint density at radius 1 is 1.55 bits per heavy atom. The summed E-state index contributed by atoms with van der Waals surface area (Å²) in [4.78, 5) is 20.9. The van der Waals surface area contributed by atoms with Crippen LogP contribution in [0.25, 0.3) is 0 Å². The van der Waals surface area contributed by atoms with Gasteiger partial charge in [-0.2, -0.15) is 0 Å². The molecule has 4 nitrogen and oxygen atoms in total. The molecule has 0 aromatic heterocycles. The summed E-state index contributed by atoms with van der Waals surface area (Å²) in [5, 5.41) is 8.27. The first-order valence-electron chi connectivity index (χ1n) is 3.53. The maximum absolute atomic E-state index is 10.7. The lowest BCUT2D eigenvalue weighted by atomic mass is 9.96. The van der Waals surface area contributed by atoms with E-state index in [2.05, 4.69) is 0 Å². The SMILES string of the molecule is CCC(C)C(N)C(=O)C(=O)O. The molecule has 3 N–H and O–H groups in total. The Kier molecular flexibility index (Phi) is 3.74. The minimum Gasteiger partial charge on any atom is -0.475 e. The highest BCUT2D eigenvalue weighted by atomic mass is 16.4. The molecule has 0 saturated heterocycles. The number of ketones is 1. The Bertz CT molecular complexity index is 167. The third kappa shape index (κ3) is 2.67. The Morgan fingerprint density at radius 2 is 2.00 bits per heavy atom. The standard InChI is InChI=1S/C7H13NO3/c1-3-4(2)5(8)6(9)7(10)11/h4-5H,3,8H2,1-2H3,(H,10,11). The molecule has 0 heterocycles. The van der Waals surface area contributed by atoms with Gasteiger partial charge in [0.05, 0.1) is 6.04 Å². The Labute approximate surface area is 65.4 Å². The van der Waals surface area contributed by atoms with Crippen LogP contribution in [0.3, 0.4) is 0 Å². The lowest BCUT2D eigenvalue weighted by Crippen LogP contribution is -2.40. The third-order valence-electron chi connectivity index (χ3n) is 1.77. The molecule has 0 aliphatic carbocycles. The fourth-order valence-electron chi connectivity index (χ4n) is 0.655. The lowest BCUT2D eigenvalue weighted by Gasteiger charge is -2.13. The second-order valence-corrected chi connectivity index (χ2v) is 2.58. The molecule has 0 amide bonds. The molecule has 2 unspecified atom stereocenters. The molecule has 11 heavy (non-hydrogen) atoms. The van der Waals surface area contributed by atoms with Gasteiger partial charge in [-0.15, -0.1) is 0 Å². The van der Waals surface area contributed by atoms with Crippen LogP contribution in [0.5, 0.6) is 0 Å². The van der Waals surface area contributed by atoms with Crippen LogP contribution in [-0.2, 0) is 9.59 Å². The van der Waals surface area contributed by atoms with E-state index in [1.165, 1.54) is 0 Å². The van der Waals surface area contributed by atoms with E-state index in [4.69, 9.17) is 10.8 Å². The molecule has 4 heteroatoms. The van der Waals surface area contributed by atoms with Crippen molar-refractivity contribution < 1.29 is 14.7 Å². The van der Waals surface area contributed by atoms with Gasteiger partial charge in [0.15, 0.2) is 0 Å². The van der Waals surface area contributed by atoms with E-state index in [9.17, 15) is 9.59 Å². The number of hydrogen-bond acceptors (Lipinski definition) is 3. The molecular formula is C7H13NO3. The van der Waals surface area contributed by atoms with Crippen LogP contribution in [-0.4, -0.2) is 22.9 Å². The normalized spacial score (nSPS) is 15.5. The topological polar surface area (TPSA) is 80.4 Å². The molecule has 0 rings (SSSR count). The second-order valence-electron chi connectivity index (χ2n) is 2.58.